The number of aromatic nitrogens is 2. The summed E-state index contributed by atoms with van der Waals surface area (Å²) in [6.07, 6.45) is 0. The molecular weight excluding hydrogens is 508 g/mol. The lowest BCUT2D eigenvalue weighted by Crippen LogP contribution is -1.95. The predicted octanol–water partition coefficient (Wildman–Crippen LogP) is 10.7. The molecule has 2 nitrogen and oxygen atoms in total. The van der Waals surface area contributed by atoms with Crippen molar-refractivity contribution in [1.82, 2.24) is 9.13 Å². The van der Waals surface area contributed by atoms with Crippen LogP contribution in [0.3, 0.4) is 0 Å². The number of rotatable bonds is 3. The summed E-state index contributed by atoms with van der Waals surface area (Å²) >= 11 is 0. The highest BCUT2D eigenvalue weighted by atomic mass is 15.0. The Labute approximate surface area is 243 Å². The van der Waals surface area contributed by atoms with Gasteiger partial charge in [-0.2, -0.15) is 0 Å². The van der Waals surface area contributed by atoms with Crippen molar-refractivity contribution < 1.29 is 0 Å². The van der Waals surface area contributed by atoms with E-state index >= 15 is 0 Å². The van der Waals surface area contributed by atoms with Crippen molar-refractivity contribution in [2.24, 2.45) is 0 Å². The lowest BCUT2D eigenvalue weighted by atomic mass is 10.0. The Bertz CT molecular complexity index is 2440. The topological polar surface area (TPSA) is 9.86 Å². The van der Waals surface area contributed by atoms with E-state index in [4.69, 9.17) is 0 Å². The molecule has 196 valence electrons. The highest BCUT2D eigenvalue weighted by molar-refractivity contribution is 6.26. The van der Waals surface area contributed by atoms with Crippen molar-refractivity contribution in [1.29, 1.82) is 0 Å². The molecule has 2 aromatic heterocycles. The van der Waals surface area contributed by atoms with Crippen molar-refractivity contribution >= 4 is 54.4 Å². The molecule has 0 aliphatic carbocycles. The van der Waals surface area contributed by atoms with Gasteiger partial charge in [0.15, 0.2) is 0 Å². The average molecular weight is 535 g/mol. The Morgan fingerprint density at radius 3 is 1.79 bits per heavy atom. The van der Waals surface area contributed by atoms with Gasteiger partial charge < -0.3 is 9.13 Å². The fourth-order valence-electron chi connectivity index (χ4n) is 6.81. The summed E-state index contributed by atoms with van der Waals surface area (Å²) in [5.41, 5.74) is 9.73. The fraction of sp³-hybridized carbons (Fsp3) is 0. The van der Waals surface area contributed by atoms with Crippen LogP contribution in [-0.2, 0) is 0 Å². The highest BCUT2D eigenvalue weighted by Gasteiger charge is 2.20. The summed E-state index contributed by atoms with van der Waals surface area (Å²) in [5, 5.41) is 7.57. The van der Waals surface area contributed by atoms with Gasteiger partial charge in [0.1, 0.15) is 0 Å². The van der Waals surface area contributed by atoms with Gasteiger partial charge in [-0.1, -0.05) is 109 Å². The average Bonchev–Trinajstić information content (AvgIpc) is 3.58. The Morgan fingerprint density at radius 2 is 0.976 bits per heavy atom. The summed E-state index contributed by atoms with van der Waals surface area (Å²) in [5.74, 6) is 0. The molecule has 42 heavy (non-hydrogen) atoms. The van der Waals surface area contributed by atoms with Gasteiger partial charge >= 0.3 is 0 Å². The van der Waals surface area contributed by atoms with Crippen molar-refractivity contribution in [3.8, 4) is 22.5 Å². The first-order valence-corrected chi connectivity index (χ1v) is 14.5. The monoisotopic (exact) mass is 534 g/mol. The van der Waals surface area contributed by atoms with E-state index in [1.165, 1.54) is 76.9 Å². The maximum absolute atomic E-state index is 2.44. The summed E-state index contributed by atoms with van der Waals surface area (Å²) < 4.78 is 4.87. The van der Waals surface area contributed by atoms with Gasteiger partial charge in [-0.25, -0.2) is 0 Å². The highest BCUT2D eigenvalue weighted by Crippen LogP contribution is 2.42. The third-order valence-electron chi connectivity index (χ3n) is 8.67. The molecule has 7 aromatic carbocycles. The minimum atomic E-state index is 1.17. The number of para-hydroxylation sites is 3. The zero-order valence-corrected chi connectivity index (χ0v) is 22.9. The maximum atomic E-state index is 2.44. The molecule has 2 heteroatoms. The third kappa shape index (κ3) is 3.33. The molecule has 0 fully saturated rings. The molecule has 9 aromatic rings. The Morgan fingerprint density at radius 1 is 0.333 bits per heavy atom. The molecule has 0 saturated carbocycles. The Balaban J connectivity index is 1.35. The van der Waals surface area contributed by atoms with Gasteiger partial charge in [0.25, 0.3) is 0 Å². The van der Waals surface area contributed by atoms with E-state index in [0.717, 1.165) is 0 Å². The van der Waals surface area contributed by atoms with Gasteiger partial charge in [0, 0.05) is 32.9 Å². The molecule has 0 N–H and O–H groups in total. The zero-order valence-electron chi connectivity index (χ0n) is 22.9. The quantitative estimate of drug-likeness (QED) is 0.213. The second kappa shape index (κ2) is 8.95. The summed E-state index contributed by atoms with van der Waals surface area (Å²) in [6.45, 7) is 0. The smallest absolute Gasteiger partial charge is 0.0641 e. The van der Waals surface area contributed by atoms with Crippen LogP contribution in [-0.4, -0.2) is 9.13 Å². The van der Waals surface area contributed by atoms with Crippen molar-refractivity contribution in [2.45, 2.75) is 0 Å². The summed E-state index contributed by atoms with van der Waals surface area (Å²) in [7, 11) is 0. The molecule has 0 aliphatic rings. The van der Waals surface area contributed by atoms with Crippen LogP contribution in [0, 0.1) is 0 Å². The molecule has 2 heterocycles. The number of hydrogen-bond acceptors (Lipinski definition) is 0. The Hall–Kier alpha value is -5.60. The van der Waals surface area contributed by atoms with Gasteiger partial charge in [0.05, 0.1) is 22.1 Å². The number of nitrogens with zero attached hydrogens (tertiary/aromatic N) is 2. The zero-order chi connectivity index (χ0) is 27.6. The van der Waals surface area contributed by atoms with Crippen molar-refractivity contribution in [3.63, 3.8) is 0 Å². The van der Waals surface area contributed by atoms with Gasteiger partial charge in [0.2, 0.25) is 0 Å². The van der Waals surface area contributed by atoms with Gasteiger partial charge in [-0.3, -0.25) is 0 Å². The number of benzene rings is 7. The normalized spacial score (nSPS) is 11.8. The van der Waals surface area contributed by atoms with Gasteiger partial charge in [-0.15, -0.1) is 0 Å². The molecule has 0 unspecified atom stereocenters. The minimum Gasteiger partial charge on any atom is -0.309 e. The van der Waals surface area contributed by atoms with E-state index in [1.807, 2.05) is 0 Å². The minimum absolute atomic E-state index is 1.17. The molecule has 0 amide bonds. The van der Waals surface area contributed by atoms with Crippen LogP contribution in [0.2, 0.25) is 0 Å². The lowest BCUT2D eigenvalue weighted by molar-refractivity contribution is 1.18. The number of fused-ring (bicyclic) bond motifs is 8. The molecule has 0 bridgehead atoms. The van der Waals surface area contributed by atoms with Crippen LogP contribution in [0.5, 0.6) is 0 Å². The fourth-order valence-corrected chi connectivity index (χ4v) is 6.81. The lowest BCUT2D eigenvalue weighted by Gasteiger charge is -2.11. The van der Waals surface area contributed by atoms with E-state index in [2.05, 4.69) is 167 Å². The second-order valence-electron chi connectivity index (χ2n) is 11.0. The van der Waals surface area contributed by atoms with Crippen molar-refractivity contribution in [2.75, 3.05) is 0 Å². The van der Waals surface area contributed by atoms with Gasteiger partial charge in [-0.05, 0) is 70.4 Å². The predicted molar refractivity (Wildman–Crippen MR) is 178 cm³/mol. The first kappa shape index (κ1) is 23.1. The van der Waals surface area contributed by atoms with E-state index < -0.39 is 0 Å². The van der Waals surface area contributed by atoms with E-state index in [1.54, 1.807) is 0 Å². The molecule has 0 radical (unpaired) electrons. The standard InChI is InChI=1S/C40H26N2/c1-3-11-27(12-4-1)28-19-20-30-26-32(22-21-29(30)25-28)41-37-18-10-8-16-35(37)39-38(41)24-23-34-33-15-7-9-17-36(33)42(40(34)39)31-13-5-2-6-14-31/h1-26H. The first-order valence-electron chi connectivity index (χ1n) is 14.5. The number of hydrogen-bond donors (Lipinski definition) is 0. The van der Waals surface area contributed by atoms with Crippen LogP contribution in [0.4, 0.5) is 0 Å². The molecule has 0 aliphatic heterocycles. The molecule has 0 saturated heterocycles. The molecule has 0 spiro atoms. The van der Waals surface area contributed by atoms with Crippen LogP contribution in [0.15, 0.2) is 158 Å². The van der Waals surface area contributed by atoms with Crippen LogP contribution >= 0.6 is 0 Å². The largest absolute Gasteiger partial charge is 0.309 e. The third-order valence-corrected chi connectivity index (χ3v) is 8.67. The van der Waals surface area contributed by atoms with Crippen LogP contribution in [0.25, 0.3) is 76.9 Å². The molecule has 9 rings (SSSR count). The summed E-state index contributed by atoms with van der Waals surface area (Å²) in [4.78, 5) is 0. The van der Waals surface area contributed by atoms with E-state index in [0.29, 0.717) is 0 Å². The maximum Gasteiger partial charge on any atom is 0.0641 e. The summed E-state index contributed by atoms with van der Waals surface area (Å²) in [6, 6.07) is 57.2. The first-order chi connectivity index (χ1) is 20.8. The Kier molecular flexibility index (Phi) is 4.93. The molecule has 0 atom stereocenters. The van der Waals surface area contributed by atoms with E-state index in [-0.39, 0.29) is 0 Å². The van der Waals surface area contributed by atoms with Crippen LogP contribution < -0.4 is 0 Å². The van der Waals surface area contributed by atoms with E-state index in [9.17, 15) is 0 Å². The van der Waals surface area contributed by atoms with Crippen molar-refractivity contribution in [3.05, 3.63) is 158 Å². The molecular formula is C40H26N2. The SMILES string of the molecule is c1ccc(-c2ccc3cc(-n4c5ccccc5c5c4ccc4c6ccccc6n(-c6ccccc6)c45)ccc3c2)cc1. The van der Waals surface area contributed by atoms with Crippen LogP contribution in [0.1, 0.15) is 0 Å². The second-order valence-corrected chi connectivity index (χ2v) is 11.0.